The molecule has 1 rings (SSSR count). The van der Waals surface area contributed by atoms with Gasteiger partial charge in [-0.25, -0.2) is 0 Å². The van der Waals surface area contributed by atoms with Crippen molar-refractivity contribution in [2.24, 2.45) is 11.8 Å². The normalized spacial score (nSPS) is 12.2. The van der Waals surface area contributed by atoms with Gasteiger partial charge in [0.2, 0.25) is 5.91 Å². The van der Waals surface area contributed by atoms with Gasteiger partial charge in [-0.15, -0.1) is 0 Å². The third-order valence-electron chi connectivity index (χ3n) is 3.05. The van der Waals surface area contributed by atoms with Gasteiger partial charge in [0.15, 0.2) is 0 Å². The van der Waals surface area contributed by atoms with Gasteiger partial charge in [0.05, 0.1) is 12.3 Å². The van der Waals surface area contributed by atoms with Crippen LogP contribution in [0.25, 0.3) is 0 Å². The van der Waals surface area contributed by atoms with E-state index in [0.29, 0.717) is 22.0 Å². The van der Waals surface area contributed by atoms with Gasteiger partial charge in [-0.3, -0.25) is 9.59 Å². The van der Waals surface area contributed by atoms with Gasteiger partial charge in [0.25, 0.3) is 0 Å². The van der Waals surface area contributed by atoms with Gasteiger partial charge in [-0.05, 0) is 30.0 Å². The smallest absolute Gasteiger partial charge is 0.308 e. The van der Waals surface area contributed by atoms with Crippen LogP contribution in [0.1, 0.15) is 25.8 Å². The van der Waals surface area contributed by atoms with E-state index in [9.17, 15) is 9.59 Å². The molecule has 1 aromatic rings. The monoisotopic (exact) mass is 331 g/mol. The van der Waals surface area contributed by atoms with Crippen molar-refractivity contribution >= 4 is 35.1 Å². The van der Waals surface area contributed by atoms with E-state index in [-0.39, 0.29) is 24.8 Å². The van der Waals surface area contributed by atoms with Crippen molar-refractivity contribution in [1.82, 2.24) is 5.32 Å². The summed E-state index contributed by atoms with van der Waals surface area (Å²) in [7, 11) is 0. The standard InChI is InChI=1S/C15H19Cl2NO3/c1-9(2)6-10(15(20)21)8-18-14(19)7-11-12(16)4-3-5-13(11)17/h3-5,9-10H,6-8H2,1-2H3,(H,18,19)(H,20,21). The molecule has 21 heavy (non-hydrogen) atoms. The Morgan fingerprint density at radius 1 is 1.24 bits per heavy atom. The minimum absolute atomic E-state index is 0.0343. The van der Waals surface area contributed by atoms with Crippen LogP contribution in [-0.4, -0.2) is 23.5 Å². The first-order valence-corrected chi connectivity index (χ1v) is 7.49. The van der Waals surface area contributed by atoms with Crippen LogP contribution in [0.5, 0.6) is 0 Å². The Labute approximate surface area is 134 Å². The first-order chi connectivity index (χ1) is 9.81. The number of hydrogen-bond acceptors (Lipinski definition) is 2. The molecule has 4 nitrogen and oxygen atoms in total. The molecule has 1 aromatic carbocycles. The summed E-state index contributed by atoms with van der Waals surface area (Å²) in [6.45, 7) is 4.00. The van der Waals surface area contributed by atoms with E-state index in [4.69, 9.17) is 28.3 Å². The van der Waals surface area contributed by atoms with Gasteiger partial charge >= 0.3 is 5.97 Å². The second kappa shape index (κ2) is 8.25. The van der Waals surface area contributed by atoms with Crippen LogP contribution in [-0.2, 0) is 16.0 Å². The molecule has 0 aromatic heterocycles. The van der Waals surface area contributed by atoms with Crippen molar-refractivity contribution < 1.29 is 14.7 Å². The number of nitrogens with one attached hydrogen (secondary N) is 1. The lowest BCUT2D eigenvalue weighted by Crippen LogP contribution is -2.34. The highest BCUT2D eigenvalue weighted by Gasteiger charge is 2.20. The fourth-order valence-electron chi connectivity index (χ4n) is 2.00. The second-order valence-electron chi connectivity index (χ2n) is 5.35. The van der Waals surface area contributed by atoms with Crippen LogP contribution in [0.3, 0.4) is 0 Å². The summed E-state index contributed by atoms with van der Waals surface area (Å²) in [5.41, 5.74) is 0.550. The number of aliphatic carboxylic acids is 1. The van der Waals surface area contributed by atoms with Crippen LogP contribution in [0, 0.1) is 11.8 Å². The van der Waals surface area contributed by atoms with E-state index in [0.717, 1.165) is 0 Å². The van der Waals surface area contributed by atoms with Gasteiger partial charge in [-0.1, -0.05) is 43.1 Å². The molecule has 1 unspecified atom stereocenters. The summed E-state index contributed by atoms with van der Waals surface area (Å²) in [6, 6.07) is 5.03. The quantitative estimate of drug-likeness (QED) is 0.804. The molecular weight excluding hydrogens is 313 g/mol. The molecule has 0 aliphatic heterocycles. The molecule has 0 heterocycles. The van der Waals surface area contributed by atoms with Crippen molar-refractivity contribution in [3.8, 4) is 0 Å². The number of hydrogen-bond donors (Lipinski definition) is 2. The minimum atomic E-state index is -0.903. The molecule has 116 valence electrons. The number of carbonyl (C=O) groups is 2. The van der Waals surface area contributed by atoms with E-state index < -0.39 is 11.9 Å². The Balaban J connectivity index is 2.59. The van der Waals surface area contributed by atoms with Crippen molar-refractivity contribution in [2.75, 3.05) is 6.54 Å². The number of amides is 1. The Morgan fingerprint density at radius 3 is 2.29 bits per heavy atom. The first-order valence-electron chi connectivity index (χ1n) is 6.73. The Bertz CT molecular complexity index is 497. The fourth-order valence-corrected chi connectivity index (χ4v) is 2.53. The topological polar surface area (TPSA) is 66.4 Å². The number of carbonyl (C=O) groups excluding carboxylic acids is 1. The Kier molecular flexibility index (Phi) is 6.99. The number of rotatable bonds is 7. The predicted octanol–water partition coefficient (Wildman–Crippen LogP) is 3.40. The molecule has 0 bridgehead atoms. The van der Waals surface area contributed by atoms with Crippen LogP contribution in [0.4, 0.5) is 0 Å². The molecule has 2 N–H and O–H groups in total. The molecule has 0 spiro atoms. The maximum absolute atomic E-state index is 11.9. The zero-order chi connectivity index (χ0) is 16.0. The van der Waals surface area contributed by atoms with Gasteiger partial charge in [0.1, 0.15) is 0 Å². The zero-order valence-corrected chi connectivity index (χ0v) is 13.5. The average molecular weight is 332 g/mol. The van der Waals surface area contributed by atoms with Gasteiger partial charge in [-0.2, -0.15) is 0 Å². The predicted molar refractivity (Wildman–Crippen MR) is 83.8 cm³/mol. The molecule has 0 aliphatic carbocycles. The summed E-state index contributed by atoms with van der Waals surface area (Å²) in [5, 5.41) is 12.6. The lowest BCUT2D eigenvalue weighted by Gasteiger charge is -2.15. The van der Waals surface area contributed by atoms with Crippen LogP contribution in [0.2, 0.25) is 10.0 Å². The summed E-state index contributed by atoms with van der Waals surface area (Å²) in [4.78, 5) is 23.0. The number of carboxylic acid groups (broad SMARTS) is 1. The molecule has 0 fully saturated rings. The second-order valence-corrected chi connectivity index (χ2v) is 6.16. The fraction of sp³-hybridized carbons (Fsp3) is 0.467. The molecular formula is C15H19Cl2NO3. The first kappa shape index (κ1) is 17.8. The summed E-state index contributed by atoms with van der Waals surface area (Å²) >= 11 is 12.0. The van der Waals surface area contributed by atoms with Crippen LogP contribution >= 0.6 is 23.2 Å². The molecule has 6 heteroatoms. The maximum atomic E-state index is 11.9. The highest BCUT2D eigenvalue weighted by atomic mass is 35.5. The van der Waals surface area contributed by atoms with Crippen LogP contribution in [0.15, 0.2) is 18.2 Å². The lowest BCUT2D eigenvalue weighted by atomic mass is 9.97. The lowest BCUT2D eigenvalue weighted by molar-refractivity contribution is -0.142. The molecule has 0 saturated carbocycles. The van der Waals surface area contributed by atoms with Crippen molar-refractivity contribution in [2.45, 2.75) is 26.7 Å². The largest absolute Gasteiger partial charge is 0.481 e. The molecule has 1 amide bonds. The Morgan fingerprint density at radius 2 is 1.81 bits per heavy atom. The third kappa shape index (κ3) is 5.94. The molecule has 0 aliphatic rings. The highest BCUT2D eigenvalue weighted by Crippen LogP contribution is 2.24. The van der Waals surface area contributed by atoms with Crippen LogP contribution < -0.4 is 5.32 Å². The van der Waals surface area contributed by atoms with Gasteiger partial charge in [0, 0.05) is 16.6 Å². The van der Waals surface area contributed by atoms with Gasteiger partial charge < -0.3 is 10.4 Å². The Hall–Kier alpha value is -1.26. The van der Waals surface area contributed by atoms with E-state index in [1.54, 1.807) is 18.2 Å². The summed E-state index contributed by atoms with van der Waals surface area (Å²) in [5.74, 6) is -1.53. The molecule has 0 radical (unpaired) electrons. The zero-order valence-electron chi connectivity index (χ0n) is 12.0. The van der Waals surface area contributed by atoms with E-state index in [1.807, 2.05) is 13.8 Å². The SMILES string of the molecule is CC(C)CC(CNC(=O)Cc1c(Cl)cccc1Cl)C(=O)O. The number of halogens is 2. The van der Waals surface area contributed by atoms with Crippen molar-refractivity contribution in [1.29, 1.82) is 0 Å². The number of benzene rings is 1. The minimum Gasteiger partial charge on any atom is -0.481 e. The number of carboxylic acids is 1. The van der Waals surface area contributed by atoms with E-state index >= 15 is 0 Å². The van der Waals surface area contributed by atoms with Crippen molar-refractivity contribution in [3.63, 3.8) is 0 Å². The van der Waals surface area contributed by atoms with E-state index in [1.165, 1.54) is 0 Å². The molecule has 1 atom stereocenters. The third-order valence-corrected chi connectivity index (χ3v) is 3.76. The average Bonchev–Trinajstić information content (AvgIpc) is 2.38. The maximum Gasteiger partial charge on any atom is 0.308 e. The van der Waals surface area contributed by atoms with E-state index in [2.05, 4.69) is 5.32 Å². The molecule has 0 saturated heterocycles. The van der Waals surface area contributed by atoms with Crippen molar-refractivity contribution in [3.05, 3.63) is 33.8 Å². The summed E-state index contributed by atoms with van der Waals surface area (Å²) in [6.07, 6.45) is 0.551. The summed E-state index contributed by atoms with van der Waals surface area (Å²) < 4.78 is 0. The highest BCUT2D eigenvalue weighted by molar-refractivity contribution is 6.36.